The Morgan fingerprint density at radius 1 is 1.44 bits per heavy atom. The van der Waals surface area contributed by atoms with Crippen LogP contribution in [0.3, 0.4) is 0 Å². The van der Waals surface area contributed by atoms with E-state index in [9.17, 15) is 23.3 Å². The normalized spacial score (nSPS) is 11.3. The minimum absolute atomic E-state index is 0.224. The molecule has 0 aliphatic carbocycles. The summed E-state index contributed by atoms with van der Waals surface area (Å²) in [6.07, 6.45) is -3.72. The highest BCUT2D eigenvalue weighted by Gasteiger charge is 2.39. The van der Waals surface area contributed by atoms with Gasteiger partial charge in [0.05, 0.1) is 19.0 Å². The molecular formula is C8H9F3N3O2+. The molecule has 16 heavy (non-hydrogen) atoms. The summed E-state index contributed by atoms with van der Waals surface area (Å²) in [5.41, 5.74) is -1.69. The minimum Gasteiger partial charge on any atom is -0.267 e. The largest absolute Gasteiger partial charge is 0.424 e. The quantitative estimate of drug-likeness (QED) is 0.577. The number of H-pyrrole nitrogens is 1. The average Bonchev–Trinajstić information content (AvgIpc) is 2.15. The van der Waals surface area contributed by atoms with E-state index in [2.05, 4.69) is 4.98 Å². The monoisotopic (exact) mass is 236 g/mol. The number of nitro groups is 1. The Balaban J connectivity index is 3.39. The van der Waals surface area contributed by atoms with Crippen LogP contribution in [0.1, 0.15) is 5.56 Å². The van der Waals surface area contributed by atoms with E-state index in [0.717, 1.165) is 6.20 Å². The van der Waals surface area contributed by atoms with Crippen LogP contribution < -0.4 is 9.88 Å². The molecule has 0 bridgehead atoms. The highest BCUT2D eigenvalue weighted by Crippen LogP contribution is 2.35. The van der Waals surface area contributed by atoms with Crippen LogP contribution in [0.15, 0.2) is 12.3 Å². The van der Waals surface area contributed by atoms with Crippen molar-refractivity contribution in [1.29, 1.82) is 0 Å². The first-order chi connectivity index (χ1) is 7.23. The van der Waals surface area contributed by atoms with Gasteiger partial charge in [0.15, 0.2) is 11.8 Å². The molecule has 0 radical (unpaired) electrons. The molecule has 0 unspecified atom stereocenters. The van der Waals surface area contributed by atoms with Gasteiger partial charge in [-0.15, -0.1) is 0 Å². The molecule has 0 fully saturated rings. The van der Waals surface area contributed by atoms with E-state index in [1.165, 1.54) is 19.0 Å². The maximum atomic E-state index is 12.6. The lowest BCUT2D eigenvalue weighted by atomic mass is 10.2. The van der Waals surface area contributed by atoms with Gasteiger partial charge in [0.1, 0.15) is 0 Å². The van der Waals surface area contributed by atoms with E-state index >= 15 is 0 Å². The molecule has 88 valence electrons. The second-order valence-electron chi connectivity index (χ2n) is 3.27. The van der Waals surface area contributed by atoms with E-state index in [1.54, 1.807) is 0 Å². The Morgan fingerprint density at radius 3 is 2.38 bits per heavy atom. The van der Waals surface area contributed by atoms with Crippen LogP contribution in [-0.2, 0) is 6.18 Å². The van der Waals surface area contributed by atoms with E-state index < -0.39 is 22.4 Å². The maximum absolute atomic E-state index is 12.6. The van der Waals surface area contributed by atoms with Gasteiger partial charge in [0, 0.05) is 6.07 Å². The summed E-state index contributed by atoms with van der Waals surface area (Å²) in [6, 6.07) is 0.506. The van der Waals surface area contributed by atoms with Crippen LogP contribution in [0, 0.1) is 10.1 Å². The maximum Gasteiger partial charge on any atom is 0.424 e. The number of nitrogens with zero attached hydrogens (tertiary/aromatic N) is 2. The molecule has 1 aromatic heterocycles. The summed E-state index contributed by atoms with van der Waals surface area (Å²) in [7, 11) is 2.82. The van der Waals surface area contributed by atoms with Crippen molar-refractivity contribution in [2.24, 2.45) is 0 Å². The van der Waals surface area contributed by atoms with Crippen LogP contribution in [0.4, 0.5) is 24.7 Å². The molecule has 0 atom stereocenters. The van der Waals surface area contributed by atoms with Crippen molar-refractivity contribution in [3.05, 3.63) is 27.9 Å². The van der Waals surface area contributed by atoms with E-state index in [0.29, 0.717) is 6.07 Å². The van der Waals surface area contributed by atoms with Crippen molar-refractivity contribution in [3.63, 3.8) is 0 Å². The third-order valence-electron chi connectivity index (χ3n) is 1.87. The van der Waals surface area contributed by atoms with Crippen molar-refractivity contribution in [2.45, 2.75) is 6.18 Å². The fourth-order valence-corrected chi connectivity index (χ4v) is 1.17. The van der Waals surface area contributed by atoms with Gasteiger partial charge in [0.25, 0.3) is 5.82 Å². The third kappa shape index (κ3) is 2.38. The minimum atomic E-state index is -4.64. The molecule has 0 amide bonds. The lowest BCUT2D eigenvalue weighted by molar-refractivity contribution is -0.415. The van der Waals surface area contributed by atoms with Gasteiger partial charge >= 0.3 is 11.9 Å². The first-order valence-corrected chi connectivity index (χ1v) is 4.18. The highest BCUT2D eigenvalue weighted by molar-refractivity contribution is 5.46. The average molecular weight is 236 g/mol. The van der Waals surface area contributed by atoms with Crippen LogP contribution in [-0.4, -0.2) is 19.0 Å². The van der Waals surface area contributed by atoms with Gasteiger partial charge in [-0.05, 0) is 0 Å². The molecule has 1 N–H and O–H groups in total. The standard InChI is InChI=1S/C8H8F3N3O2/c1-13(2)7-6(8(9,10)11)3-5(4-12-7)14(15)16/h3-4H,1-2H3/p+1. The molecule has 8 heteroatoms. The number of anilines is 1. The number of aromatic amines is 1. The molecule has 0 saturated heterocycles. The number of pyridine rings is 1. The summed E-state index contributed by atoms with van der Waals surface area (Å²) in [5, 5.41) is 10.4. The molecule has 0 spiro atoms. The summed E-state index contributed by atoms with van der Waals surface area (Å²) in [6.45, 7) is 0. The van der Waals surface area contributed by atoms with Gasteiger partial charge < -0.3 is 0 Å². The second-order valence-corrected chi connectivity index (χ2v) is 3.27. The number of hydrogen-bond acceptors (Lipinski definition) is 3. The predicted octanol–water partition coefficient (Wildman–Crippen LogP) is 1.49. The van der Waals surface area contributed by atoms with Crippen molar-refractivity contribution in [2.75, 3.05) is 19.0 Å². The van der Waals surface area contributed by atoms with Crippen LogP contribution in [0.2, 0.25) is 0 Å². The molecule has 5 nitrogen and oxygen atoms in total. The highest BCUT2D eigenvalue weighted by atomic mass is 19.4. The van der Waals surface area contributed by atoms with Crippen LogP contribution >= 0.6 is 0 Å². The van der Waals surface area contributed by atoms with Gasteiger partial charge in [-0.2, -0.15) is 13.2 Å². The Kier molecular flexibility index (Phi) is 3.02. The predicted molar refractivity (Wildman–Crippen MR) is 49.0 cm³/mol. The summed E-state index contributed by atoms with van der Waals surface area (Å²) in [5.74, 6) is -0.224. The van der Waals surface area contributed by atoms with Gasteiger partial charge in [-0.3, -0.25) is 15.0 Å². The Labute approximate surface area is 88.7 Å². The molecular weight excluding hydrogens is 227 g/mol. The molecule has 0 saturated carbocycles. The van der Waals surface area contributed by atoms with E-state index in [4.69, 9.17) is 0 Å². The zero-order chi connectivity index (χ0) is 12.5. The topological polar surface area (TPSA) is 60.5 Å². The van der Waals surface area contributed by atoms with Gasteiger partial charge in [-0.1, -0.05) is 0 Å². The fourth-order valence-electron chi connectivity index (χ4n) is 1.17. The number of rotatable bonds is 2. The number of nitrogens with one attached hydrogen (secondary N) is 1. The van der Waals surface area contributed by atoms with Crippen molar-refractivity contribution in [1.82, 2.24) is 0 Å². The Hall–Kier alpha value is -1.86. The molecule has 0 aromatic carbocycles. The van der Waals surface area contributed by atoms with Crippen molar-refractivity contribution in [3.8, 4) is 0 Å². The molecule has 0 aliphatic rings. The Morgan fingerprint density at radius 2 is 2.00 bits per heavy atom. The number of hydrogen-bond donors (Lipinski definition) is 0. The van der Waals surface area contributed by atoms with Gasteiger partial charge in [-0.25, -0.2) is 4.98 Å². The van der Waals surface area contributed by atoms with E-state index in [1.807, 2.05) is 0 Å². The summed E-state index contributed by atoms with van der Waals surface area (Å²) >= 11 is 0. The molecule has 0 aliphatic heterocycles. The SMILES string of the molecule is CN(C)c1[nH+]cc([N+](=O)[O-])cc1C(F)(F)F. The van der Waals surface area contributed by atoms with Gasteiger partial charge in [0.2, 0.25) is 0 Å². The molecule has 1 aromatic rings. The fraction of sp³-hybridized carbons (Fsp3) is 0.375. The van der Waals surface area contributed by atoms with Crippen LogP contribution in [0.5, 0.6) is 0 Å². The first kappa shape index (κ1) is 12.2. The van der Waals surface area contributed by atoms with Crippen molar-refractivity contribution < 1.29 is 23.1 Å². The third-order valence-corrected chi connectivity index (χ3v) is 1.87. The number of aromatic nitrogens is 1. The summed E-state index contributed by atoms with van der Waals surface area (Å²) in [4.78, 5) is 12.9. The molecule has 1 rings (SSSR count). The zero-order valence-electron chi connectivity index (χ0n) is 8.50. The Bertz CT molecular complexity index is 417. The van der Waals surface area contributed by atoms with E-state index in [-0.39, 0.29) is 5.82 Å². The smallest absolute Gasteiger partial charge is 0.267 e. The first-order valence-electron chi connectivity index (χ1n) is 4.18. The van der Waals surface area contributed by atoms with Crippen molar-refractivity contribution >= 4 is 11.5 Å². The summed E-state index contributed by atoms with van der Waals surface area (Å²) < 4.78 is 37.7. The lowest BCUT2D eigenvalue weighted by Crippen LogP contribution is -2.26. The number of alkyl halides is 3. The van der Waals surface area contributed by atoms with Crippen LogP contribution in [0.25, 0.3) is 0 Å². The molecule has 1 heterocycles. The second kappa shape index (κ2) is 3.95. The number of halogens is 3. The zero-order valence-corrected chi connectivity index (χ0v) is 8.50. The lowest BCUT2D eigenvalue weighted by Gasteiger charge is -2.11.